The number of nitro groups is 1. The molecule has 1 heterocycles. The second-order valence-corrected chi connectivity index (χ2v) is 5.85. The number of hydrogen-bond acceptors (Lipinski definition) is 6. The molecule has 0 aliphatic carbocycles. The van der Waals surface area contributed by atoms with Crippen molar-refractivity contribution in [3.8, 4) is 6.07 Å². The number of ketones is 1. The van der Waals surface area contributed by atoms with E-state index in [4.69, 9.17) is 0 Å². The first-order chi connectivity index (χ1) is 10.9. The van der Waals surface area contributed by atoms with Gasteiger partial charge in [0.2, 0.25) is 0 Å². The molecule has 6 nitrogen and oxygen atoms in total. The normalized spacial score (nSPS) is 10.1. The van der Waals surface area contributed by atoms with Gasteiger partial charge < -0.3 is 0 Å². The smallest absolute Gasteiger partial charge is 0.269 e. The van der Waals surface area contributed by atoms with E-state index < -0.39 is 4.92 Å². The SMILES string of the molecule is Cc1cc(C)c(C#N)c(SCC(=O)c2ccc([N+](=O)[O-])cc2)n1. The Morgan fingerprint density at radius 3 is 2.57 bits per heavy atom. The highest BCUT2D eigenvalue weighted by molar-refractivity contribution is 8.00. The van der Waals surface area contributed by atoms with Crippen molar-refractivity contribution in [1.29, 1.82) is 5.26 Å². The van der Waals surface area contributed by atoms with E-state index in [9.17, 15) is 20.2 Å². The second kappa shape index (κ2) is 7.03. The summed E-state index contributed by atoms with van der Waals surface area (Å²) in [4.78, 5) is 26.6. The molecule has 0 saturated heterocycles. The van der Waals surface area contributed by atoms with E-state index in [0.29, 0.717) is 16.2 Å². The third-order valence-corrected chi connectivity index (χ3v) is 4.14. The topological polar surface area (TPSA) is 96.9 Å². The number of nitriles is 1. The molecule has 116 valence electrons. The van der Waals surface area contributed by atoms with Gasteiger partial charge >= 0.3 is 0 Å². The molecular formula is C16H13N3O3S. The Hall–Kier alpha value is -2.72. The summed E-state index contributed by atoms with van der Waals surface area (Å²) in [7, 11) is 0. The van der Waals surface area contributed by atoms with Crippen LogP contribution in [0.5, 0.6) is 0 Å². The first kappa shape index (κ1) is 16.6. The van der Waals surface area contributed by atoms with Gasteiger partial charge in [0.15, 0.2) is 5.78 Å². The number of benzene rings is 1. The predicted octanol–water partition coefficient (Wildman–Crippen LogP) is 3.45. The summed E-state index contributed by atoms with van der Waals surface area (Å²) < 4.78 is 0. The Morgan fingerprint density at radius 2 is 2.00 bits per heavy atom. The molecule has 1 aromatic carbocycles. The molecule has 0 unspecified atom stereocenters. The van der Waals surface area contributed by atoms with Crippen LogP contribution >= 0.6 is 11.8 Å². The first-order valence-electron chi connectivity index (χ1n) is 6.71. The molecule has 0 saturated carbocycles. The molecule has 0 fully saturated rings. The number of carbonyl (C=O) groups is 1. The number of aromatic nitrogens is 1. The Bertz CT molecular complexity index is 811. The highest BCUT2D eigenvalue weighted by Crippen LogP contribution is 2.24. The van der Waals surface area contributed by atoms with Crippen LogP contribution in [0.4, 0.5) is 5.69 Å². The van der Waals surface area contributed by atoms with E-state index in [2.05, 4.69) is 11.1 Å². The van der Waals surface area contributed by atoms with Crippen LogP contribution in [-0.2, 0) is 0 Å². The Labute approximate surface area is 137 Å². The van der Waals surface area contributed by atoms with E-state index in [0.717, 1.165) is 11.3 Å². The molecular weight excluding hydrogens is 314 g/mol. The fourth-order valence-electron chi connectivity index (χ4n) is 2.03. The van der Waals surface area contributed by atoms with Crippen molar-refractivity contribution in [3.63, 3.8) is 0 Å². The predicted molar refractivity (Wildman–Crippen MR) is 86.6 cm³/mol. The minimum absolute atomic E-state index is 0.0584. The largest absolute Gasteiger partial charge is 0.293 e. The monoisotopic (exact) mass is 327 g/mol. The van der Waals surface area contributed by atoms with Crippen molar-refractivity contribution >= 4 is 23.2 Å². The van der Waals surface area contributed by atoms with Crippen molar-refractivity contribution in [2.45, 2.75) is 18.9 Å². The first-order valence-corrected chi connectivity index (χ1v) is 7.69. The third-order valence-electron chi connectivity index (χ3n) is 3.16. The number of Topliss-reactive ketones (excluding diaryl/α,β-unsaturated/α-hetero) is 1. The average Bonchev–Trinajstić information content (AvgIpc) is 2.52. The molecule has 0 aliphatic heterocycles. The number of thioether (sulfide) groups is 1. The van der Waals surface area contributed by atoms with Gasteiger partial charge in [0, 0.05) is 23.4 Å². The van der Waals surface area contributed by atoms with Crippen molar-refractivity contribution in [1.82, 2.24) is 4.98 Å². The van der Waals surface area contributed by atoms with Crippen LogP contribution in [0.3, 0.4) is 0 Å². The van der Waals surface area contributed by atoms with Crippen LogP contribution in [0.15, 0.2) is 35.4 Å². The van der Waals surface area contributed by atoms with Crippen molar-refractivity contribution in [2.24, 2.45) is 0 Å². The molecule has 0 bridgehead atoms. The zero-order chi connectivity index (χ0) is 17.0. The fraction of sp³-hybridized carbons (Fsp3) is 0.188. The van der Waals surface area contributed by atoms with Crippen LogP contribution in [0.2, 0.25) is 0 Å². The van der Waals surface area contributed by atoms with Gasteiger partial charge in [-0.05, 0) is 37.6 Å². The molecule has 2 aromatic rings. The number of non-ortho nitro benzene ring substituents is 1. The molecule has 1 aromatic heterocycles. The summed E-state index contributed by atoms with van der Waals surface area (Å²) in [6, 6.07) is 9.39. The summed E-state index contributed by atoms with van der Waals surface area (Å²) in [6.07, 6.45) is 0. The van der Waals surface area contributed by atoms with Gasteiger partial charge in [-0.25, -0.2) is 4.98 Å². The minimum Gasteiger partial charge on any atom is -0.293 e. The van der Waals surface area contributed by atoms with Crippen molar-refractivity contribution in [3.05, 3.63) is 62.8 Å². The molecule has 0 N–H and O–H groups in total. The number of hydrogen-bond donors (Lipinski definition) is 0. The lowest BCUT2D eigenvalue weighted by Crippen LogP contribution is -2.04. The summed E-state index contributed by atoms with van der Waals surface area (Å²) in [5.41, 5.74) is 2.41. The molecule has 0 spiro atoms. The van der Waals surface area contributed by atoms with Gasteiger partial charge in [0.05, 0.1) is 16.2 Å². The zero-order valence-corrected chi connectivity index (χ0v) is 13.4. The van der Waals surface area contributed by atoms with Gasteiger partial charge in [0.25, 0.3) is 5.69 Å². The van der Waals surface area contributed by atoms with Crippen LogP contribution in [0.1, 0.15) is 27.2 Å². The number of pyridine rings is 1. The lowest BCUT2D eigenvalue weighted by atomic mass is 10.1. The molecule has 2 rings (SSSR count). The number of nitrogens with zero attached hydrogens (tertiary/aromatic N) is 3. The van der Waals surface area contributed by atoms with Crippen LogP contribution in [-0.4, -0.2) is 21.4 Å². The fourth-order valence-corrected chi connectivity index (χ4v) is 3.02. The van der Waals surface area contributed by atoms with E-state index in [1.165, 1.54) is 36.0 Å². The van der Waals surface area contributed by atoms with E-state index >= 15 is 0 Å². The quantitative estimate of drug-likeness (QED) is 0.361. The summed E-state index contributed by atoms with van der Waals surface area (Å²) in [6.45, 7) is 3.66. The lowest BCUT2D eigenvalue weighted by molar-refractivity contribution is -0.384. The zero-order valence-electron chi connectivity index (χ0n) is 12.6. The highest BCUT2D eigenvalue weighted by Gasteiger charge is 2.13. The van der Waals surface area contributed by atoms with Gasteiger partial charge in [-0.3, -0.25) is 14.9 Å². The lowest BCUT2D eigenvalue weighted by Gasteiger charge is -2.07. The summed E-state index contributed by atoms with van der Waals surface area (Å²) in [5, 5.41) is 20.3. The number of aryl methyl sites for hydroxylation is 2. The average molecular weight is 327 g/mol. The summed E-state index contributed by atoms with van der Waals surface area (Å²) in [5.74, 6) is -0.0581. The summed E-state index contributed by atoms with van der Waals surface area (Å²) >= 11 is 1.20. The maximum absolute atomic E-state index is 12.2. The van der Waals surface area contributed by atoms with Crippen molar-refractivity contribution in [2.75, 3.05) is 5.75 Å². The maximum atomic E-state index is 12.2. The number of rotatable bonds is 5. The second-order valence-electron chi connectivity index (χ2n) is 4.89. The van der Waals surface area contributed by atoms with E-state index in [-0.39, 0.29) is 17.2 Å². The van der Waals surface area contributed by atoms with Gasteiger partial charge in [-0.15, -0.1) is 0 Å². The molecule has 0 amide bonds. The molecule has 23 heavy (non-hydrogen) atoms. The third kappa shape index (κ3) is 3.93. The van der Waals surface area contributed by atoms with Gasteiger partial charge in [-0.1, -0.05) is 11.8 Å². The Morgan fingerprint density at radius 1 is 1.35 bits per heavy atom. The Balaban J connectivity index is 2.13. The van der Waals surface area contributed by atoms with Crippen LogP contribution < -0.4 is 0 Å². The molecule has 7 heteroatoms. The van der Waals surface area contributed by atoms with Crippen molar-refractivity contribution < 1.29 is 9.72 Å². The highest BCUT2D eigenvalue weighted by atomic mass is 32.2. The maximum Gasteiger partial charge on any atom is 0.269 e. The minimum atomic E-state index is -0.512. The Kier molecular flexibility index (Phi) is 5.09. The van der Waals surface area contributed by atoms with E-state index in [1.54, 1.807) is 0 Å². The van der Waals surface area contributed by atoms with E-state index in [1.807, 2.05) is 19.9 Å². The van der Waals surface area contributed by atoms with Gasteiger partial charge in [0.1, 0.15) is 11.1 Å². The van der Waals surface area contributed by atoms with Crippen LogP contribution in [0, 0.1) is 35.3 Å². The number of nitro benzene ring substituents is 1. The molecule has 0 atom stereocenters. The van der Waals surface area contributed by atoms with Gasteiger partial charge in [-0.2, -0.15) is 5.26 Å². The van der Waals surface area contributed by atoms with Crippen LogP contribution in [0.25, 0.3) is 0 Å². The molecule has 0 aliphatic rings. The standard InChI is InChI=1S/C16H13N3O3S/c1-10-7-11(2)18-16(14(10)8-17)23-9-15(20)12-3-5-13(6-4-12)19(21)22/h3-7H,9H2,1-2H3. The molecule has 0 radical (unpaired) electrons. The number of carbonyl (C=O) groups excluding carboxylic acids is 1.